The molecule has 0 saturated carbocycles. The van der Waals surface area contributed by atoms with Crippen LogP contribution >= 0.6 is 11.3 Å². The number of amides is 1. The highest BCUT2D eigenvalue weighted by Gasteiger charge is 2.07. The molecule has 1 rings (SSSR count). The van der Waals surface area contributed by atoms with Crippen LogP contribution in [0.15, 0.2) is 17.5 Å². The Hall–Kier alpha value is -0.870. The summed E-state index contributed by atoms with van der Waals surface area (Å²) in [6, 6.07) is 4.35. The summed E-state index contributed by atoms with van der Waals surface area (Å²) in [6.45, 7) is 5.26. The number of rotatable bonds is 6. The molecular weight excluding hydrogens is 208 g/mol. The topological polar surface area (TPSA) is 41.1 Å². The Labute approximate surface area is 94.9 Å². The van der Waals surface area contributed by atoms with Crippen LogP contribution in [0, 0.1) is 0 Å². The smallest absolute Gasteiger partial charge is 0.233 e. The molecule has 0 fully saturated rings. The highest BCUT2D eigenvalue weighted by molar-refractivity contribution is 7.10. The van der Waals surface area contributed by atoms with Gasteiger partial charge in [-0.1, -0.05) is 13.0 Å². The third-order valence-corrected chi connectivity index (χ3v) is 3.17. The molecule has 1 atom stereocenters. The summed E-state index contributed by atoms with van der Waals surface area (Å²) in [4.78, 5) is 12.6. The van der Waals surface area contributed by atoms with Gasteiger partial charge in [-0.05, 0) is 24.8 Å². The lowest BCUT2D eigenvalue weighted by molar-refractivity contribution is -0.120. The van der Waals surface area contributed by atoms with Crippen LogP contribution in [0.3, 0.4) is 0 Å². The van der Waals surface area contributed by atoms with E-state index in [9.17, 15) is 4.79 Å². The van der Waals surface area contributed by atoms with Crippen molar-refractivity contribution in [2.75, 3.05) is 13.1 Å². The van der Waals surface area contributed by atoms with Crippen LogP contribution in [0.2, 0.25) is 0 Å². The van der Waals surface area contributed by atoms with Gasteiger partial charge in [0.2, 0.25) is 5.91 Å². The predicted molar refractivity (Wildman–Crippen MR) is 64.0 cm³/mol. The first-order valence-electron chi connectivity index (χ1n) is 5.27. The van der Waals surface area contributed by atoms with E-state index in [0.29, 0.717) is 6.54 Å². The molecule has 1 unspecified atom stereocenters. The Morgan fingerprint density at radius 2 is 2.40 bits per heavy atom. The largest absolute Gasteiger partial charge is 0.355 e. The van der Waals surface area contributed by atoms with Gasteiger partial charge in [0.15, 0.2) is 0 Å². The minimum atomic E-state index is 0.0697. The van der Waals surface area contributed by atoms with Gasteiger partial charge in [0.25, 0.3) is 0 Å². The van der Waals surface area contributed by atoms with Crippen molar-refractivity contribution in [3.8, 4) is 0 Å². The number of carbonyl (C=O) groups is 1. The molecule has 2 N–H and O–H groups in total. The Kier molecular flexibility index (Phi) is 5.36. The summed E-state index contributed by atoms with van der Waals surface area (Å²) >= 11 is 1.71. The second kappa shape index (κ2) is 6.58. The van der Waals surface area contributed by atoms with Crippen molar-refractivity contribution in [1.82, 2.24) is 10.6 Å². The van der Waals surface area contributed by atoms with E-state index < -0.39 is 0 Å². The second-order valence-electron chi connectivity index (χ2n) is 3.47. The summed E-state index contributed by atoms with van der Waals surface area (Å²) in [7, 11) is 0. The fourth-order valence-corrected chi connectivity index (χ4v) is 1.97. The molecule has 84 valence electrons. The highest BCUT2D eigenvalue weighted by Crippen LogP contribution is 2.17. The van der Waals surface area contributed by atoms with Crippen molar-refractivity contribution < 1.29 is 4.79 Å². The van der Waals surface area contributed by atoms with Crippen LogP contribution in [0.5, 0.6) is 0 Å². The molecule has 0 bridgehead atoms. The Morgan fingerprint density at radius 3 is 3.00 bits per heavy atom. The molecule has 0 aliphatic heterocycles. The number of thiophene rings is 1. The molecular formula is C11H18N2OS. The Bertz CT molecular complexity index is 285. The van der Waals surface area contributed by atoms with Crippen LogP contribution in [0.25, 0.3) is 0 Å². The molecule has 15 heavy (non-hydrogen) atoms. The quantitative estimate of drug-likeness (QED) is 0.778. The maximum absolute atomic E-state index is 11.3. The van der Waals surface area contributed by atoms with Crippen molar-refractivity contribution in [3.63, 3.8) is 0 Å². The van der Waals surface area contributed by atoms with Gasteiger partial charge in [-0.25, -0.2) is 0 Å². The van der Waals surface area contributed by atoms with Gasteiger partial charge in [-0.3, -0.25) is 4.79 Å². The van der Waals surface area contributed by atoms with Crippen molar-refractivity contribution >= 4 is 17.2 Å². The Balaban J connectivity index is 2.22. The normalized spacial score (nSPS) is 12.4. The average Bonchev–Trinajstić information content (AvgIpc) is 2.76. The second-order valence-corrected chi connectivity index (χ2v) is 4.45. The van der Waals surface area contributed by atoms with Crippen LogP contribution in [-0.4, -0.2) is 19.0 Å². The van der Waals surface area contributed by atoms with Gasteiger partial charge in [0, 0.05) is 17.5 Å². The molecule has 1 amide bonds. The number of hydrogen-bond donors (Lipinski definition) is 2. The van der Waals surface area contributed by atoms with Gasteiger partial charge in [0.1, 0.15) is 0 Å². The van der Waals surface area contributed by atoms with Crippen LogP contribution < -0.4 is 10.6 Å². The molecule has 0 aliphatic carbocycles. The van der Waals surface area contributed by atoms with E-state index in [1.165, 1.54) is 4.88 Å². The molecule has 4 heteroatoms. The van der Waals surface area contributed by atoms with Gasteiger partial charge in [-0.15, -0.1) is 11.3 Å². The van der Waals surface area contributed by atoms with Crippen LogP contribution in [-0.2, 0) is 4.79 Å². The first kappa shape index (κ1) is 12.2. The van der Waals surface area contributed by atoms with Crippen molar-refractivity contribution in [2.24, 2.45) is 0 Å². The average molecular weight is 226 g/mol. The molecule has 3 nitrogen and oxygen atoms in total. The summed E-state index contributed by atoms with van der Waals surface area (Å²) in [5.41, 5.74) is 0. The van der Waals surface area contributed by atoms with Gasteiger partial charge >= 0.3 is 0 Å². The van der Waals surface area contributed by atoms with E-state index in [4.69, 9.17) is 0 Å². The third kappa shape index (κ3) is 4.44. The van der Waals surface area contributed by atoms with E-state index >= 15 is 0 Å². The fourth-order valence-electron chi connectivity index (χ4n) is 1.21. The minimum absolute atomic E-state index is 0.0697. The predicted octanol–water partition coefficient (Wildman–Crippen LogP) is 1.92. The van der Waals surface area contributed by atoms with E-state index in [0.717, 1.165) is 13.0 Å². The molecule has 1 aromatic heterocycles. The first-order valence-corrected chi connectivity index (χ1v) is 6.15. The lowest BCUT2D eigenvalue weighted by Crippen LogP contribution is -2.35. The summed E-state index contributed by atoms with van der Waals surface area (Å²) in [5, 5.41) is 8.07. The summed E-state index contributed by atoms with van der Waals surface area (Å²) in [6.07, 6.45) is 0.978. The molecule has 0 aromatic carbocycles. The zero-order valence-electron chi connectivity index (χ0n) is 9.25. The van der Waals surface area contributed by atoms with Gasteiger partial charge in [0.05, 0.1) is 6.54 Å². The van der Waals surface area contributed by atoms with Crippen LogP contribution in [0.1, 0.15) is 31.2 Å². The summed E-state index contributed by atoms with van der Waals surface area (Å²) in [5.74, 6) is 0.0697. The standard InChI is InChI=1S/C11H18N2OS/c1-3-6-12-11(14)8-13-9(2)10-5-4-7-15-10/h4-5,7,9,13H,3,6,8H2,1-2H3,(H,12,14). The maximum atomic E-state index is 11.3. The van der Waals surface area contributed by atoms with Gasteiger partial charge < -0.3 is 10.6 Å². The zero-order chi connectivity index (χ0) is 11.1. The lowest BCUT2D eigenvalue weighted by Gasteiger charge is -2.11. The highest BCUT2D eigenvalue weighted by atomic mass is 32.1. The zero-order valence-corrected chi connectivity index (χ0v) is 10.1. The van der Waals surface area contributed by atoms with Crippen molar-refractivity contribution in [1.29, 1.82) is 0 Å². The van der Waals surface area contributed by atoms with E-state index in [1.54, 1.807) is 11.3 Å². The van der Waals surface area contributed by atoms with E-state index in [1.807, 2.05) is 18.4 Å². The maximum Gasteiger partial charge on any atom is 0.233 e. The molecule has 0 spiro atoms. The van der Waals surface area contributed by atoms with Crippen molar-refractivity contribution in [2.45, 2.75) is 26.3 Å². The minimum Gasteiger partial charge on any atom is -0.355 e. The van der Waals surface area contributed by atoms with Crippen LogP contribution in [0.4, 0.5) is 0 Å². The first-order chi connectivity index (χ1) is 7.24. The lowest BCUT2D eigenvalue weighted by atomic mass is 10.3. The van der Waals surface area contributed by atoms with Gasteiger partial charge in [-0.2, -0.15) is 0 Å². The van der Waals surface area contributed by atoms with Crippen molar-refractivity contribution in [3.05, 3.63) is 22.4 Å². The molecule has 0 aliphatic rings. The van der Waals surface area contributed by atoms with E-state index in [2.05, 4.69) is 23.6 Å². The molecule has 0 saturated heterocycles. The number of hydrogen-bond acceptors (Lipinski definition) is 3. The number of nitrogens with one attached hydrogen (secondary N) is 2. The SMILES string of the molecule is CCCNC(=O)CNC(C)c1cccs1. The Morgan fingerprint density at radius 1 is 1.60 bits per heavy atom. The molecule has 1 heterocycles. The monoisotopic (exact) mass is 226 g/mol. The fraction of sp³-hybridized carbons (Fsp3) is 0.545. The molecule has 1 aromatic rings. The van der Waals surface area contributed by atoms with E-state index in [-0.39, 0.29) is 11.9 Å². The number of carbonyl (C=O) groups excluding carboxylic acids is 1. The molecule has 0 radical (unpaired) electrons. The third-order valence-electron chi connectivity index (χ3n) is 2.11. The summed E-state index contributed by atoms with van der Waals surface area (Å²) < 4.78 is 0.